The monoisotopic (exact) mass is 202 g/mol. The summed E-state index contributed by atoms with van der Waals surface area (Å²) in [6, 6.07) is 0.166. The van der Waals surface area contributed by atoms with Gasteiger partial charge in [0.15, 0.2) is 0 Å². The van der Waals surface area contributed by atoms with E-state index in [0.717, 1.165) is 19.6 Å². The molecule has 0 amide bonds. The van der Waals surface area contributed by atoms with Gasteiger partial charge in [0, 0.05) is 13.2 Å². The molecule has 1 rings (SSSR count). The molecule has 0 aromatic rings. The Bertz CT molecular complexity index is 180. The number of hydrogen-bond acceptors (Lipinski definition) is 3. The molecular weight excluding hydrogens is 184 g/mol. The van der Waals surface area contributed by atoms with E-state index in [9.17, 15) is 0 Å². The van der Waals surface area contributed by atoms with Crippen LogP contribution in [0.1, 0.15) is 19.8 Å². The fraction of sp³-hybridized carbons (Fsp3) is 0.889. The van der Waals surface area contributed by atoms with Gasteiger partial charge in [-0.1, -0.05) is 12.2 Å². The van der Waals surface area contributed by atoms with Gasteiger partial charge in [0.1, 0.15) is 0 Å². The fourth-order valence-electron chi connectivity index (χ4n) is 1.48. The van der Waals surface area contributed by atoms with E-state index in [-0.39, 0.29) is 6.04 Å². The Morgan fingerprint density at radius 3 is 2.92 bits per heavy atom. The van der Waals surface area contributed by atoms with Crippen molar-refractivity contribution in [1.82, 2.24) is 4.90 Å². The van der Waals surface area contributed by atoms with Gasteiger partial charge in [-0.15, -0.1) is 0 Å². The summed E-state index contributed by atoms with van der Waals surface area (Å²) in [6.07, 6.45) is 2.72. The summed E-state index contributed by atoms with van der Waals surface area (Å²) in [4.78, 5) is 2.71. The number of hydrogen-bond donors (Lipinski definition) is 1. The molecule has 76 valence electrons. The van der Waals surface area contributed by atoms with Crippen LogP contribution in [0.5, 0.6) is 0 Å². The molecule has 1 saturated heterocycles. The van der Waals surface area contributed by atoms with Crippen LogP contribution >= 0.6 is 12.2 Å². The average Bonchev–Trinajstić information content (AvgIpc) is 2.55. The van der Waals surface area contributed by atoms with Crippen LogP contribution in [-0.2, 0) is 4.74 Å². The molecule has 0 aromatic carbocycles. The SMILES string of the molecule is CC(C(N)=S)N(C)CC1CCCO1. The highest BCUT2D eigenvalue weighted by atomic mass is 32.1. The molecule has 13 heavy (non-hydrogen) atoms. The summed E-state index contributed by atoms with van der Waals surface area (Å²) in [7, 11) is 2.03. The molecule has 2 atom stereocenters. The first-order valence-electron chi connectivity index (χ1n) is 4.72. The van der Waals surface area contributed by atoms with Crippen LogP contribution in [0.15, 0.2) is 0 Å². The lowest BCUT2D eigenvalue weighted by Crippen LogP contribution is -2.42. The number of ether oxygens (including phenoxy) is 1. The third-order valence-electron chi connectivity index (χ3n) is 2.59. The van der Waals surface area contributed by atoms with Gasteiger partial charge in [0.25, 0.3) is 0 Å². The topological polar surface area (TPSA) is 38.5 Å². The van der Waals surface area contributed by atoms with E-state index in [2.05, 4.69) is 4.90 Å². The molecule has 0 saturated carbocycles. The zero-order valence-electron chi connectivity index (χ0n) is 8.32. The second kappa shape index (κ2) is 4.88. The Balaban J connectivity index is 2.30. The number of nitrogens with zero attached hydrogens (tertiary/aromatic N) is 1. The first-order chi connectivity index (χ1) is 6.11. The molecule has 0 spiro atoms. The Hall–Kier alpha value is -0.190. The van der Waals surface area contributed by atoms with Gasteiger partial charge in [-0.3, -0.25) is 4.90 Å². The summed E-state index contributed by atoms with van der Waals surface area (Å²) in [5.74, 6) is 0. The lowest BCUT2D eigenvalue weighted by molar-refractivity contribution is 0.0779. The minimum absolute atomic E-state index is 0.166. The third kappa shape index (κ3) is 3.21. The quantitative estimate of drug-likeness (QED) is 0.684. The average molecular weight is 202 g/mol. The Morgan fingerprint density at radius 2 is 2.46 bits per heavy atom. The second-order valence-electron chi connectivity index (χ2n) is 3.65. The summed E-state index contributed by atoms with van der Waals surface area (Å²) in [5, 5.41) is 0. The van der Waals surface area contributed by atoms with Crippen LogP contribution in [0.4, 0.5) is 0 Å². The molecule has 0 radical (unpaired) electrons. The van der Waals surface area contributed by atoms with E-state index in [1.54, 1.807) is 0 Å². The maximum absolute atomic E-state index is 5.56. The lowest BCUT2D eigenvalue weighted by Gasteiger charge is -2.25. The Labute approximate surface area is 85.2 Å². The molecule has 0 aliphatic carbocycles. The van der Waals surface area contributed by atoms with E-state index >= 15 is 0 Å². The van der Waals surface area contributed by atoms with E-state index in [1.807, 2.05) is 14.0 Å². The van der Waals surface area contributed by atoms with Gasteiger partial charge in [-0.2, -0.15) is 0 Å². The predicted octanol–water partition coefficient (Wildman–Crippen LogP) is 0.772. The highest BCUT2D eigenvalue weighted by Gasteiger charge is 2.20. The zero-order valence-corrected chi connectivity index (χ0v) is 9.14. The van der Waals surface area contributed by atoms with Crippen LogP contribution in [-0.4, -0.2) is 42.2 Å². The van der Waals surface area contributed by atoms with E-state index in [4.69, 9.17) is 22.7 Å². The predicted molar refractivity (Wildman–Crippen MR) is 57.9 cm³/mol. The first kappa shape index (κ1) is 10.9. The van der Waals surface area contributed by atoms with Gasteiger partial charge in [0.05, 0.1) is 17.1 Å². The molecule has 3 nitrogen and oxygen atoms in total. The van der Waals surface area contributed by atoms with Crippen LogP contribution in [0.2, 0.25) is 0 Å². The number of rotatable bonds is 4. The van der Waals surface area contributed by atoms with Crippen LogP contribution in [0, 0.1) is 0 Å². The van der Waals surface area contributed by atoms with Crippen molar-refractivity contribution in [3.05, 3.63) is 0 Å². The smallest absolute Gasteiger partial charge is 0.0899 e. The summed E-state index contributed by atoms with van der Waals surface area (Å²) in [5.41, 5.74) is 5.56. The van der Waals surface area contributed by atoms with Crippen LogP contribution in [0.25, 0.3) is 0 Å². The molecule has 2 unspecified atom stereocenters. The lowest BCUT2D eigenvalue weighted by atomic mass is 10.2. The molecule has 1 fully saturated rings. The second-order valence-corrected chi connectivity index (χ2v) is 4.12. The van der Waals surface area contributed by atoms with Crippen LogP contribution in [0.3, 0.4) is 0 Å². The van der Waals surface area contributed by atoms with Crippen molar-refractivity contribution in [2.75, 3.05) is 20.2 Å². The molecule has 1 heterocycles. The van der Waals surface area contributed by atoms with Crippen molar-refractivity contribution in [3.63, 3.8) is 0 Å². The van der Waals surface area contributed by atoms with Crippen molar-refractivity contribution in [1.29, 1.82) is 0 Å². The van der Waals surface area contributed by atoms with Crippen molar-refractivity contribution in [3.8, 4) is 0 Å². The van der Waals surface area contributed by atoms with E-state index in [0.29, 0.717) is 11.1 Å². The Morgan fingerprint density at radius 1 is 1.77 bits per heavy atom. The van der Waals surface area contributed by atoms with Gasteiger partial charge in [-0.05, 0) is 26.8 Å². The highest BCUT2D eigenvalue weighted by Crippen LogP contribution is 2.13. The number of likely N-dealkylation sites (N-methyl/N-ethyl adjacent to an activating group) is 1. The van der Waals surface area contributed by atoms with E-state index < -0.39 is 0 Å². The number of thiocarbonyl (C=S) groups is 1. The van der Waals surface area contributed by atoms with Gasteiger partial charge in [0.2, 0.25) is 0 Å². The van der Waals surface area contributed by atoms with Gasteiger partial charge < -0.3 is 10.5 Å². The van der Waals surface area contributed by atoms with E-state index in [1.165, 1.54) is 6.42 Å². The fourth-order valence-corrected chi connectivity index (χ4v) is 1.66. The zero-order chi connectivity index (χ0) is 9.84. The standard InChI is InChI=1S/C9H18N2OS/c1-7(9(10)13)11(2)6-8-4-3-5-12-8/h7-8H,3-6H2,1-2H3,(H2,10,13). The summed E-state index contributed by atoms with van der Waals surface area (Å²) >= 11 is 4.93. The largest absolute Gasteiger partial charge is 0.392 e. The third-order valence-corrected chi connectivity index (χ3v) is 2.93. The maximum Gasteiger partial charge on any atom is 0.0899 e. The Kier molecular flexibility index (Phi) is 4.09. The first-order valence-corrected chi connectivity index (χ1v) is 5.13. The number of nitrogens with two attached hydrogens (primary N) is 1. The van der Waals surface area contributed by atoms with Gasteiger partial charge in [-0.25, -0.2) is 0 Å². The molecule has 2 N–H and O–H groups in total. The minimum Gasteiger partial charge on any atom is -0.392 e. The summed E-state index contributed by atoms with van der Waals surface area (Å²) < 4.78 is 5.53. The molecule has 4 heteroatoms. The molecule has 1 aliphatic heterocycles. The molecule has 1 aliphatic rings. The van der Waals surface area contributed by atoms with Crippen molar-refractivity contribution < 1.29 is 4.74 Å². The molecule has 0 bridgehead atoms. The molecular formula is C9H18N2OS. The highest BCUT2D eigenvalue weighted by molar-refractivity contribution is 7.80. The maximum atomic E-state index is 5.56. The van der Waals surface area contributed by atoms with Gasteiger partial charge >= 0.3 is 0 Å². The normalized spacial score (nSPS) is 25.0. The van der Waals surface area contributed by atoms with Crippen molar-refractivity contribution >= 4 is 17.2 Å². The summed E-state index contributed by atoms with van der Waals surface area (Å²) in [6.45, 7) is 3.86. The minimum atomic E-state index is 0.166. The molecule has 0 aromatic heterocycles. The van der Waals surface area contributed by atoms with Crippen LogP contribution < -0.4 is 5.73 Å². The van der Waals surface area contributed by atoms with Crippen molar-refractivity contribution in [2.24, 2.45) is 5.73 Å². The van der Waals surface area contributed by atoms with Crippen molar-refractivity contribution in [2.45, 2.75) is 31.9 Å².